The van der Waals surface area contributed by atoms with Crippen LogP contribution in [0.15, 0.2) is 17.5 Å². The highest BCUT2D eigenvalue weighted by Gasteiger charge is 2.24. The average molecular weight is 364 g/mol. The van der Waals surface area contributed by atoms with E-state index in [1.165, 1.54) is 30.6 Å². The van der Waals surface area contributed by atoms with Crippen LogP contribution in [0.5, 0.6) is 0 Å². The number of amides is 3. The first-order valence-corrected chi connectivity index (χ1v) is 10.5. The van der Waals surface area contributed by atoms with Crippen LogP contribution in [0.2, 0.25) is 0 Å². The Morgan fingerprint density at radius 3 is 2.56 bits per heavy atom. The molecule has 0 spiro atoms. The van der Waals surface area contributed by atoms with Crippen LogP contribution in [-0.4, -0.2) is 42.5 Å². The molecule has 2 fully saturated rings. The van der Waals surface area contributed by atoms with E-state index in [9.17, 15) is 9.59 Å². The van der Waals surface area contributed by atoms with Gasteiger partial charge < -0.3 is 15.5 Å². The summed E-state index contributed by atoms with van der Waals surface area (Å²) in [4.78, 5) is 27.0. The molecule has 6 heteroatoms. The maximum absolute atomic E-state index is 12.4. The van der Waals surface area contributed by atoms with Crippen molar-refractivity contribution >= 4 is 23.3 Å². The Bertz CT molecular complexity index is 547. The van der Waals surface area contributed by atoms with Crippen LogP contribution >= 0.6 is 11.3 Å². The van der Waals surface area contributed by atoms with Gasteiger partial charge in [0.05, 0.1) is 4.88 Å². The second-order valence-corrected chi connectivity index (χ2v) is 8.18. The zero-order valence-electron chi connectivity index (χ0n) is 14.8. The van der Waals surface area contributed by atoms with E-state index in [4.69, 9.17) is 0 Å². The molecular weight excluding hydrogens is 334 g/mol. The molecule has 2 aliphatic rings. The first kappa shape index (κ1) is 18.2. The number of carbonyl (C=O) groups is 2. The third-order valence-electron chi connectivity index (χ3n) is 5.42. The highest BCUT2D eigenvalue weighted by molar-refractivity contribution is 7.12. The molecule has 0 unspecified atom stereocenters. The minimum atomic E-state index is 0.0271. The lowest BCUT2D eigenvalue weighted by atomic mass is 9.93. The molecule has 0 aromatic carbocycles. The topological polar surface area (TPSA) is 61.4 Å². The largest absolute Gasteiger partial charge is 0.351 e. The highest BCUT2D eigenvalue weighted by Crippen LogP contribution is 2.21. The van der Waals surface area contributed by atoms with Crippen LogP contribution in [0.3, 0.4) is 0 Å². The van der Waals surface area contributed by atoms with Crippen molar-refractivity contribution in [2.45, 2.75) is 57.4 Å². The lowest BCUT2D eigenvalue weighted by Crippen LogP contribution is -2.48. The van der Waals surface area contributed by atoms with E-state index in [1.54, 1.807) is 0 Å². The molecule has 1 aliphatic heterocycles. The molecule has 1 aliphatic carbocycles. The molecule has 3 amide bonds. The average Bonchev–Trinajstić information content (AvgIpc) is 3.18. The van der Waals surface area contributed by atoms with Gasteiger partial charge in [-0.15, -0.1) is 11.3 Å². The Morgan fingerprint density at radius 1 is 1.12 bits per heavy atom. The summed E-state index contributed by atoms with van der Waals surface area (Å²) in [7, 11) is 0. The van der Waals surface area contributed by atoms with E-state index in [-0.39, 0.29) is 11.9 Å². The number of hydrogen-bond donors (Lipinski definition) is 2. The van der Waals surface area contributed by atoms with Gasteiger partial charge >= 0.3 is 6.03 Å². The van der Waals surface area contributed by atoms with Gasteiger partial charge in [-0.3, -0.25) is 4.79 Å². The van der Waals surface area contributed by atoms with E-state index < -0.39 is 0 Å². The minimum Gasteiger partial charge on any atom is -0.351 e. The zero-order chi connectivity index (χ0) is 17.5. The zero-order valence-corrected chi connectivity index (χ0v) is 15.7. The summed E-state index contributed by atoms with van der Waals surface area (Å²) >= 11 is 1.47. The third kappa shape index (κ3) is 5.46. The molecule has 2 N–H and O–H groups in total. The molecule has 138 valence electrons. The fraction of sp³-hybridized carbons (Fsp3) is 0.684. The van der Waals surface area contributed by atoms with Crippen molar-refractivity contribution in [2.75, 3.05) is 19.6 Å². The Balaban J connectivity index is 1.31. The van der Waals surface area contributed by atoms with Crippen LogP contribution in [0.25, 0.3) is 0 Å². The molecule has 0 radical (unpaired) electrons. The number of nitrogens with zero attached hydrogens (tertiary/aromatic N) is 1. The fourth-order valence-electron chi connectivity index (χ4n) is 3.82. The van der Waals surface area contributed by atoms with Gasteiger partial charge in [-0.25, -0.2) is 4.79 Å². The molecule has 0 atom stereocenters. The number of thiophene rings is 1. The standard InChI is InChI=1S/C19H29N3O2S/c23-18(17-7-4-14-25-17)20-11-8-15-9-12-22(13-10-15)19(24)21-16-5-2-1-3-6-16/h4,7,14-16H,1-3,5-6,8-13H2,(H,20,23)(H,21,24). The van der Waals surface area contributed by atoms with E-state index in [0.717, 1.165) is 56.6 Å². The smallest absolute Gasteiger partial charge is 0.317 e. The van der Waals surface area contributed by atoms with Gasteiger partial charge in [-0.2, -0.15) is 0 Å². The molecule has 1 saturated carbocycles. The molecule has 25 heavy (non-hydrogen) atoms. The number of hydrogen-bond acceptors (Lipinski definition) is 3. The summed E-state index contributed by atoms with van der Waals surface area (Å²) in [5.41, 5.74) is 0. The first-order valence-electron chi connectivity index (χ1n) is 9.59. The van der Waals surface area contributed by atoms with Crippen LogP contribution in [0.4, 0.5) is 4.79 Å². The number of urea groups is 1. The van der Waals surface area contributed by atoms with E-state index in [0.29, 0.717) is 12.0 Å². The number of likely N-dealkylation sites (tertiary alicyclic amines) is 1. The van der Waals surface area contributed by atoms with Gasteiger partial charge in [0.25, 0.3) is 5.91 Å². The minimum absolute atomic E-state index is 0.0271. The van der Waals surface area contributed by atoms with Crippen LogP contribution in [-0.2, 0) is 0 Å². The third-order valence-corrected chi connectivity index (χ3v) is 6.29. The quantitative estimate of drug-likeness (QED) is 0.839. The van der Waals surface area contributed by atoms with Crippen LogP contribution < -0.4 is 10.6 Å². The maximum Gasteiger partial charge on any atom is 0.317 e. The first-order chi connectivity index (χ1) is 12.2. The highest BCUT2D eigenvalue weighted by atomic mass is 32.1. The molecular formula is C19H29N3O2S. The molecule has 1 saturated heterocycles. The summed E-state index contributed by atoms with van der Waals surface area (Å²) in [6.07, 6.45) is 9.11. The Kier molecular flexibility index (Phi) is 6.73. The predicted octanol–water partition coefficient (Wildman–Crippen LogP) is 3.62. The number of carbonyl (C=O) groups excluding carboxylic acids is 2. The molecule has 1 aromatic heterocycles. The Morgan fingerprint density at radius 2 is 1.88 bits per heavy atom. The van der Waals surface area contributed by atoms with Gasteiger partial charge in [0.15, 0.2) is 0 Å². The van der Waals surface area contributed by atoms with Crippen molar-refractivity contribution in [3.63, 3.8) is 0 Å². The maximum atomic E-state index is 12.4. The molecule has 0 bridgehead atoms. The van der Waals surface area contributed by atoms with Crippen molar-refractivity contribution in [3.8, 4) is 0 Å². The molecule has 2 heterocycles. The molecule has 1 aromatic rings. The lowest BCUT2D eigenvalue weighted by Gasteiger charge is -2.34. The second kappa shape index (κ2) is 9.22. The van der Waals surface area contributed by atoms with Gasteiger partial charge in [0, 0.05) is 25.7 Å². The number of piperidine rings is 1. The van der Waals surface area contributed by atoms with Gasteiger partial charge in [0.1, 0.15) is 0 Å². The van der Waals surface area contributed by atoms with Crippen LogP contribution in [0.1, 0.15) is 61.0 Å². The summed E-state index contributed by atoms with van der Waals surface area (Å²) < 4.78 is 0. The molecule has 3 rings (SSSR count). The normalized spacial score (nSPS) is 19.6. The summed E-state index contributed by atoms with van der Waals surface area (Å²) in [5, 5.41) is 8.13. The summed E-state index contributed by atoms with van der Waals surface area (Å²) in [6.45, 7) is 2.39. The van der Waals surface area contributed by atoms with E-state index >= 15 is 0 Å². The fourth-order valence-corrected chi connectivity index (χ4v) is 4.46. The van der Waals surface area contributed by atoms with Crippen molar-refractivity contribution in [3.05, 3.63) is 22.4 Å². The van der Waals surface area contributed by atoms with E-state index in [2.05, 4.69) is 10.6 Å². The number of nitrogens with one attached hydrogen (secondary N) is 2. The SMILES string of the molecule is O=C(NCCC1CCN(C(=O)NC2CCCCC2)CC1)c1cccs1. The Labute approximate surface area is 154 Å². The monoisotopic (exact) mass is 363 g/mol. The van der Waals surface area contributed by atoms with Gasteiger partial charge in [-0.05, 0) is 49.5 Å². The van der Waals surface area contributed by atoms with Gasteiger partial charge in [-0.1, -0.05) is 25.3 Å². The van der Waals surface area contributed by atoms with E-state index in [1.807, 2.05) is 22.4 Å². The summed E-state index contributed by atoms with van der Waals surface area (Å²) in [5.74, 6) is 0.627. The Hall–Kier alpha value is -1.56. The van der Waals surface area contributed by atoms with Crippen molar-refractivity contribution in [1.29, 1.82) is 0 Å². The van der Waals surface area contributed by atoms with Crippen LogP contribution in [0, 0.1) is 5.92 Å². The number of rotatable bonds is 5. The predicted molar refractivity (Wildman–Crippen MR) is 101 cm³/mol. The molecule has 5 nitrogen and oxygen atoms in total. The lowest BCUT2D eigenvalue weighted by molar-refractivity contribution is 0.0953. The van der Waals surface area contributed by atoms with Crippen molar-refractivity contribution in [1.82, 2.24) is 15.5 Å². The van der Waals surface area contributed by atoms with Crippen molar-refractivity contribution in [2.24, 2.45) is 5.92 Å². The van der Waals surface area contributed by atoms with Crippen molar-refractivity contribution < 1.29 is 9.59 Å². The van der Waals surface area contributed by atoms with Gasteiger partial charge in [0.2, 0.25) is 0 Å². The summed E-state index contributed by atoms with van der Waals surface area (Å²) in [6, 6.07) is 4.25. The second-order valence-electron chi connectivity index (χ2n) is 7.24.